The monoisotopic (exact) mass is 379 g/mol. The molecule has 2 aromatic carbocycles. The van der Waals surface area contributed by atoms with Crippen LogP contribution in [0.1, 0.15) is 0 Å². The summed E-state index contributed by atoms with van der Waals surface area (Å²) in [6.07, 6.45) is 0. The van der Waals surface area contributed by atoms with Crippen molar-refractivity contribution in [2.75, 3.05) is 45.0 Å². The predicted molar refractivity (Wildman–Crippen MR) is 115 cm³/mol. The Labute approximate surface area is 164 Å². The highest BCUT2D eigenvalue weighted by molar-refractivity contribution is 5.93. The fraction of sp³-hybridized carbons (Fsp3) is 0.238. The van der Waals surface area contributed by atoms with Gasteiger partial charge < -0.3 is 25.4 Å². The van der Waals surface area contributed by atoms with Crippen molar-refractivity contribution in [1.82, 2.24) is 10.3 Å². The number of guanidine groups is 1. The number of pyridine rings is 1. The molecular weight excluding hydrogens is 354 g/mol. The Morgan fingerprint density at radius 1 is 0.964 bits per heavy atom. The molecule has 3 rings (SSSR count). The van der Waals surface area contributed by atoms with Gasteiger partial charge in [0.2, 0.25) is 0 Å². The van der Waals surface area contributed by atoms with Crippen LogP contribution in [-0.2, 0) is 0 Å². The van der Waals surface area contributed by atoms with Gasteiger partial charge in [0.25, 0.3) is 0 Å². The number of aliphatic imine (C=N–C) groups is 1. The second-order valence-corrected chi connectivity index (χ2v) is 6.01. The van der Waals surface area contributed by atoms with E-state index in [-0.39, 0.29) is 0 Å². The average Bonchev–Trinajstić information content (AvgIpc) is 2.75. The van der Waals surface area contributed by atoms with Crippen LogP contribution in [0.15, 0.2) is 59.6 Å². The van der Waals surface area contributed by atoms with Gasteiger partial charge in [-0.25, -0.2) is 4.98 Å². The molecule has 7 heteroatoms. The number of rotatable bonds is 7. The fourth-order valence-corrected chi connectivity index (χ4v) is 2.77. The second-order valence-electron chi connectivity index (χ2n) is 6.01. The number of para-hydroxylation sites is 1. The third-order valence-corrected chi connectivity index (χ3v) is 4.19. The van der Waals surface area contributed by atoms with Crippen LogP contribution in [0.4, 0.5) is 11.5 Å². The number of hydrogen-bond acceptors (Lipinski definition) is 5. The molecular formula is C21H25N5O2. The molecule has 0 unspecified atom stereocenters. The molecule has 28 heavy (non-hydrogen) atoms. The number of benzene rings is 2. The minimum Gasteiger partial charge on any atom is -0.493 e. The van der Waals surface area contributed by atoms with E-state index in [9.17, 15) is 0 Å². The first-order valence-electron chi connectivity index (χ1n) is 9.03. The van der Waals surface area contributed by atoms with E-state index in [2.05, 4.69) is 38.1 Å². The van der Waals surface area contributed by atoms with Crippen LogP contribution in [0.2, 0.25) is 0 Å². The van der Waals surface area contributed by atoms with Crippen molar-refractivity contribution >= 4 is 28.4 Å². The van der Waals surface area contributed by atoms with E-state index in [0.717, 1.165) is 22.4 Å². The van der Waals surface area contributed by atoms with Crippen molar-refractivity contribution in [2.45, 2.75) is 0 Å². The molecule has 0 aliphatic rings. The average molecular weight is 379 g/mol. The Bertz CT molecular complexity index is 958. The van der Waals surface area contributed by atoms with Crippen molar-refractivity contribution in [1.29, 1.82) is 0 Å². The number of nitrogens with zero attached hydrogens (tertiary/aromatic N) is 2. The fourth-order valence-electron chi connectivity index (χ4n) is 2.77. The minimum atomic E-state index is 0.659. The Morgan fingerprint density at radius 3 is 2.57 bits per heavy atom. The lowest BCUT2D eigenvalue weighted by molar-refractivity contribution is 0.355. The Morgan fingerprint density at radius 2 is 1.79 bits per heavy atom. The van der Waals surface area contributed by atoms with Gasteiger partial charge >= 0.3 is 0 Å². The maximum Gasteiger partial charge on any atom is 0.195 e. The summed E-state index contributed by atoms with van der Waals surface area (Å²) < 4.78 is 10.6. The van der Waals surface area contributed by atoms with Gasteiger partial charge in [-0.15, -0.1) is 0 Å². The highest BCUT2D eigenvalue weighted by Gasteiger charge is 2.06. The highest BCUT2D eigenvalue weighted by Crippen LogP contribution is 2.29. The lowest BCUT2D eigenvalue weighted by Gasteiger charge is -2.14. The van der Waals surface area contributed by atoms with Crippen molar-refractivity contribution in [3.05, 3.63) is 54.6 Å². The zero-order valence-corrected chi connectivity index (χ0v) is 16.3. The minimum absolute atomic E-state index is 0.659. The summed E-state index contributed by atoms with van der Waals surface area (Å²) in [5, 5.41) is 11.0. The van der Waals surface area contributed by atoms with Crippen molar-refractivity contribution in [3.63, 3.8) is 0 Å². The van der Waals surface area contributed by atoms with E-state index in [0.29, 0.717) is 30.5 Å². The second kappa shape index (κ2) is 9.45. The van der Waals surface area contributed by atoms with Gasteiger partial charge in [0.05, 0.1) is 19.7 Å². The summed E-state index contributed by atoms with van der Waals surface area (Å²) in [6, 6.07) is 17.7. The molecule has 1 heterocycles. The van der Waals surface area contributed by atoms with E-state index >= 15 is 0 Å². The molecule has 0 spiro atoms. The smallest absolute Gasteiger partial charge is 0.195 e. The SMILES string of the molecule is CN=C(NCCNc1ccc2ccccc2n1)Nc1ccc(OC)c(OC)c1. The summed E-state index contributed by atoms with van der Waals surface area (Å²) >= 11 is 0. The van der Waals surface area contributed by atoms with Crippen LogP contribution in [-0.4, -0.2) is 45.3 Å². The number of aromatic nitrogens is 1. The molecule has 0 atom stereocenters. The number of nitrogens with one attached hydrogen (secondary N) is 3. The van der Waals surface area contributed by atoms with Gasteiger partial charge in [0, 0.05) is 37.3 Å². The molecule has 0 saturated heterocycles. The summed E-state index contributed by atoms with van der Waals surface area (Å²) in [4.78, 5) is 8.85. The van der Waals surface area contributed by atoms with E-state index in [1.807, 2.05) is 42.5 Å². The largest absolute Gasteiger partial charge is 0.493 e. The third-order valence-electron chi connectivity index (χ3n) is 4.19. The van der Waals surface area contributed by atoms with Crippen LogP contribution >= 0.6 is 0 Å². The van der Waals surface area contributed by atoms with E-state index in [1.54, 1.807) is 21.3 Å². The van der Waals surface area contributed by atoms with Crippen LogP contribution in [0.3, 0.4) is 0 Å². The van der Waals surface area contributed by atoms with E-state index in [1.165, 1.54) is 0 Å². The van der Waals surface area contributed by atoms with Gasteiger partial charge in [0.1, 0.15) is 5.82 Å². The maximum absolute atomic E-state index is 5.33. The predicted octanol–water partition coefficient (Wildman–Crippen LogP) is 3.35. The van der Waals surface area contributed by atoms with Crippen molar-refractivity contribution < 1.29 is 9.47 Å². The van der Waals surface area contributed by atoms with Gasteiger partial charge in [-0.1, -0.05) is 18.2 Å². The Hall–Kier alpha value is -3.48. The molecule has 1 aromatic heterocycles. The number of hydrogen-bond donors (Lipinski definition) is 3. The lowest BCUT2D eigenvalue weighted by Crippen LogP contribution is -2.34. The molecule has 7 nitrogen and oxygen atoms in total. The van der Waals surface area contributed by atoms with Gasteiger partial charge in [-0.2, -0.15) is 0 Å². The van der Waals surface area contributed by atoms with E-state index < -0.39 is 0 Å². The molecule has 0 aliphatic heterocycles. The Balaban J connectivity index is 1.51. The molecule has 3 aromatic rings. The zero-order chi connectivity index (χ0) is 19.8. The molecule has 146 valence electrons. The van der Waals surface area contributed by atoms with Gasteiger partial charge in [-0.05, 0) is 30.3 Å². The van der Waals surface area contributed by atoms with Crippen LogP contribution in [0, 0.1) is 0 Å². The summed E-state index contributed by atoms with van der Waals surface area (Å²) in [6.45, 7) is 1.39. The number of anilines is 2. The standard InChI is InChI=1S/C21H25N5O2/c1-22-21(25-16-9-10-18(27-2)19(14-16)28-3)24-13-12-23-20-11-8-15-6-4-5-7-17(15)26-20/h4-11,14H,12-13H2,1-3H3,(H,23,26)(H2,22,24,25). The zero-order valence-electron chi connectivity index (χ0n) is 16.3. The third kappa shape index (κ3) is 4.82. The lowest BCUT2D eigenvalue weighted by atomic mass is 10.2. The molecule has 0 aliphatic carbocycles. The normalized spacial score (nSPS) is 11.2. The first kappa shape index (κ1) is 19.3. The quantitative estimate of drug-likeness (QED) is 0.332. The molecule has 0 bridgehead atoms. The van der Waals surface area contributed by atoms with Crippen molar-refractivity contribution in [3.8, 4) is 11.5 Å². The summed E-state index contributed by atoms with van der Waals surface area (Å²) in [5.74, 6) is 2.86. The number of fused-ring (bicyclic) bond motifs is 1. The summed E-state index contributed by atoms with van der Waals surface area (Å²) in [7, 11) is 4.96. The summed E-state index contributed by atoms with van der Waals surface area (Å²) in [5.41, 5.74) is 1.83. The maximum atomic E-state index is 5.33. The van der Waals surface area contributed by atoms with Crippen LogP contribution in [0.5, 0.6) is 11.5 Å². The highest BCUT2D eigenvalue weighted by atomic mass is 16.5. The van der Waals surface area contributed by atoms with Gasteiger partial charge in [0.15, 0.2) is 17.5 Å². The van der Waals surface area contributed by atoms with Gasteiger partial charge in [-0.3, -0.25) is 4.99 Å². The molecule has 0 saturated carbocycles. The topological polar surface area (TPSA) is 79.8 Å². The number of methoxy groups -OCH3 is 2. The number of ether oxygens (including phenoxy) is 2. The first-order chi connectivity index (χ1) is 13.7. The van der Waals surface area contributed by atoms with Crippen LogP contribution < -0.4 is 25.4 Å². The van der Waals surface area contributed by atoms with Crippen LogP contribution in [0.25, 0.3) is 10.9 Å². The van der Waals surface area contributed by atoms with Crippen molar-refractivity contribution in [2.24, 2.45) is 4.99 Å². The van der Waals surface area contributed by atoms with E-state index in [4.69, 9.17) is 9.47 Å². The first-order valence-corrected chi connectivity index (χ1v) is 9.03. The molecule has 0 radical (unpaired) electrons. The molecule has 0 fully saturated rings. The molecule has 3 N–H and O–H groups in total. The molecule has 0 amide bonds. The Kier molecular flexibility index (Phi) is 6.51.